The second kappa shape index (κ2) is 7.55. The summed E-state index contributed by atoms with van der Waals surface area (Å²) in [7, 11) is 0. The van der Waals surface area contributed by atoms with E-state index in [2.05, 4.69) is 23.7 Å². The lowest BCUT2D eigenvalue weighted by Gasteiger charge is -2.33. The molecule has 3 N–H and O–H groups in total. The molecule has 7 nitrogen and oxygen atoms in total. The van der Waals surface area contributed by atoms with Crippen LogP contribution in [0.4, 0.5) is 0 Å². The molecule has 0 radical (unpaired) electrons. The van der Waals surface area contributed by atoms with Crippen molar-refractivity contribution in [1.29, 1.82) is 0 Å². The van der Waals surface area contributed by atoms with Crippen LogP contribution in [0.1, 0.15) is 55.7 Å². The van der Waals surface area contributed by atoms with Crippen LogP contribution in [-0.4, -0.2) is 45.6 Å². The number of hydrogen-bond acceptors (Lipinski definition) is 5. The Morgan fingerprint density at radius 1 is 1.31 bits per heavy atom. The summed E-state index contributed by atoms with van der Waals surface area (Å²) in [6, 6.07) is 4.63. The van der Waals surface area contributed by atoms with Gasteiger partial charge in [0, 0.05) is 17.5 Å². The normalized spacial score (nSPS) is 16.3. The molecule has 1 heterocycles. The topological polar surface area (TPSA) is 98.3 Å². The summed E-state index contributed by atoms with van der Waals surface area (Å²) in [5, 5.41) is 9.29. The van der Waals surface area contributed by atoms with E-state index in [0.29, 0.717) is 16.7 Å². The van der Waals surface area contributed by atoms with Crippen molar-refractivity contribution in [3.8, 4) is 0 Å². The lowest BCUT2D eigenvalue weighted by Crippen LogP contribution is -2.41. The quantitative estimate of drug-likeness (QED) is 0.543. The van der Waals surface area contributed by atoms with Gasteiger partial charge >= 0.3 is 0 Å². The third-order valence-electron chi connectivity index (χ3n) is 5.55. The molecule has 2 aromatic rings. The Labute approximate surface area is 152 Å². The predicted octanol–water partition coefficient (Wildman–Crippen LogP) is 2.20. The van der Waals surface area contributed by atoms with E-state index >= 15 is 0 Å². The van der Waals surface area contributed by atoms with Crippen molar-refractivity contribution in [2.45, 2.75) is 44.9 Å². The molecule has 1 saturated carbocycles. The van der Waals surface area contributed by atoms with E-state index in [1.54, 1.807) is 17.6 Å². The summed E-state index contributed by atoms with van der Waals surface area (Å²) in [5.74, 6) is 0.0928. The lowest BCUT2D eigenvalue weighted by molar-refractivity contribution is 0.0706. The number of hydroxylamine groups is 1. The number of H-pyrrole nitrogens is 1. The first-order valence-electron chi connectivity index (χ1n) is 9.24. The van der Waals surface area contributed by atoms with Crippen LogP contribution in [0.3, 0.4) is 0 Å². The van der Waals surface area contributed by atoms with Crippen LogP contribution >= 0.6 is 0 Å². The third-order valence-corrected chi connectivity index (χ3v) is 5.55. The number of aromatic amines is 1. The molecule has 3 rings (SSSR count). The maximum atomic E-state index is 12.6. The van der Waals surface area contributed by atoms with Gasteiger partial charge in [-0.05, 0) is 44.1 Å². The maximum absolute atomic E-state index is 12.6. The number of carbonyl (C=O) groups is 1. The molecule has 1 aliphatic carbocycles. The number of benzene rings is 1. The zero-order valence-corrected chi connectivity index (χ0v) is 15.3. The zero-order chi connectivity index (χ0) is 18.7. The molecule has 140 valence electrons. The van der Waals surface area contributed by atoms with Gasteiger partial charge in [0.05, 0.1) is 10.9 Å². The van der Waals surface area contributed by atoms with Gasteiger partial charge in [-0.15, -0.1) is 0 Å². The van der Waals surface area contributed by atoms with Crippen LogP contribution < -0.4 is 11.0 Å². The summed E-state index contributed by atoms with van der Waals surface area (Å²) in [6.07, 6.45) is 4.23. The zero-order valence-electron chi connectivity index (χ0n) is 15.3. The van der Waals surface area contributed by atoms with E-state index in [0.717, 1.165) is 45.3 Å². The minimum absolute atomic E-state index is 0.158. The minimum Gasteiger partial charge on any atom is -0.309 e. The number of rotatable bonds is 6. The lowest BCUT2D eigenvalue weighted by atomic mass is 9.84. The highest BCUT2D eigenvalue weighted by atomic mass is 16.5. The van der Waals surface area contributed by atoms with Gasteiger partial charge in [-0.2, -0.15) is 0 Å². The number of aromatic nitrogens is 2. The number of hydrogen-bond donors (Lipinski definition) is 3. The molecule has 0 atom stereocenters. The van der Waals surface area contributed by atoms with E-state index in [1.165, 1.54) is 6.07 Å². The van der Waals surface area contributed by atoms with Crippen molar-refractivity contribution in [2.75, 3.05) is 19.6 Å². The molecular weight excluding hydrogens is 332 g/mol. The van der Waals surface area contributed by atoms with Crippen molar-refractivity contribution in [2.24, 2.45) is 0 Å². The number of nitrogens with one attached hydrogen (secondary N) is 2. The van der Waals surface area contributed by atoms with Crippen molar-refractivity contribution in [1.82, 2.24) is 20.3 Å². The third kappa shape index (κ3) is 3.37. The fourth-order valence-electron chi connectivity index (χ4n) is 3.99. The van der Waals surface area contributed by atoms with Crippen LogP contribution in [0.25, 0.3) is 10.9 Å². The monoisotopic (exact) mass is 358 g/mol. The number of nitrogens with zero attached hydrogens (tertiary/aromatic N) is 2. The molecule has 1 aliphatic rings. The van der Waals surface area contributed by atoms with Crippen molar-refractivity contribution in [3.63, 3.8) is 0 Å². The summed E-state index contributed by atoms with van der Waals surface area (Å²) in [4.78, 5) is 34.4. The van der Waals surface area contributed by atoms with Gasteiger partial charge in [-0.1, -0.05) is 26.7 Å². The van der Waals surface area contributed by atoms with E-state index < -0.39 is 5.91 Å². The molecule has 26 heavy (non-hydrogen) atoms. The summed E-state index contributed by atoms with van der Waals surface area (Å²) < 4.78 is 0. The molecular formula is C19H26N4O3. The first-order chi connectivity index (χ1) is 12.5. The van der Waals surface area contributed by atoms with Crippen LogP contribution in [0.5, 0.6) is 0 Å². The van der Waals surface area contributed by atoms with Crippen LogP contribution in [-0.2, 0) is 5.41 Å². The Hall–Kier alpha value is -2.25. The van der Waals surface area contributed by atoms with E-state index in [4.69, 9.17) is 10.2 Å². The fraction of sp³-hybridized carbons (Fsp3) is 0.526. The predicted molar refractivity (Wildman–Crippen MR) is 99.6 cm³/mol. The largest absolute Gasteiger partial charge is 0.309 e. The molecule has 1 aromatic carbocycles. The van der Waals surface area contributed by atoms with Crippen LogP contribution in [0, 0.1) is 0 Å². The number of amides is 1. The highest BCUT2D eigenvalue weighted by Gasteiger charge is 2.39. The van der Waals surface area contributed by atoms with Gasteiger partial charge in [-0.25, -0.2) is 10.5 Å². The highest BCUT2D eigenvalue weighted by molar-refractivity contribution is 5.96. The first kappa shape index (κ1) is 18.5. The SMILES string of the molecule is CCN(CC)CC1(c2nc3cc(C(=O)NO)ccc3c(=O)[nH]2)CCCC1. The Bertz CT molecular complexity index is 851. The van der Waals surface area contributed by atoms with Gasteiger partial charge in [0.15, 0.2) is 0 Å². The Kier molecular flexibility index (Phi) is 5.38. The summed E-state index contributed by atoms with van der Waals surface area (Å²) in [6.45, 7) is 7.06. The number of carbonyl (C=O) groups excluding carboxylic acids is 1. The molecule has 7 heteroatoms. The Morgan fingerprint density at radius 3 is 2.62 bits per heavy atom. The molecule has 0 aliphatic heterocycles. The average Bonchev–Trinajstić information content (AvgIpc) is 3.14. The van der Waals surface area contributed by atoms with Crippen LogP contribution in [0.2, 0.25) is 0 Å². The first-order valence-corrected chi connectivity index (χ1v) is 9.24. The molecule has 1 amide bonds. The van der Waals surface area contributed by atoms with Crippen LogP contribution in [0.15, 0.2) is 23.0 Å². The minimum atomic E-state index is -0.616. The molecule has 0 bridgehead atoms. The second-order valence-corrected chi connectivity index (χ2v) is 7.04. The van der Waals surface area contributed by atoms with Gasteiger partial charge in [-0.3, -0.25) is 14.8 Å². The molecule has 0 spiro atoms. The molecule has 1 fully saturated rings. The van der Waals surface area contributed by atoms with Crippen molar-refractivity contribution in [3.05, 3.63) is 39.9 Å². The van der Waals surface area contributed by atoms with E-state index in [-0.39, 0.29) is 16.5 Å². The van der Waals surface area contributed by atoms with Gasteiger partial charge in [0.25, 0.3) is 11.5 Å². The van der Waals surface area contributed by atoms with Gasteiger partial charge < -0.3 is 9.88 Å². The van der Waals surface area contributed by atoms with E-state index in [1.807, 2.05) is 0 Å². The Balaban J connectivity index is 2.10. The number of fused-ring (bicyclic) bond motifs is 1. The van der Waals surface area contributed by atoms with E-state index in [9.17, 15) is 9.59 Å². The highest BCUT2D eigenvalue weighted by Crippen LogP contribution is 2.40. The fourth-order valence-corrected chi connectivity index (χ4v) is 3.99. The Morgan fingerprint density at radius 2 is 2.00 bits per heavy atom. The second-order valence-electron chi connectivity index (χ2n) is 7.04. The summed E-state index contributed by atoms with van der Waals surface area (Å²) >= 11 is 0. The van der Waals surface area contributed by atoms with Crippen molar-refractivity contribution >= 4 is 16.8 Å². The molecule has 0 saturated heterocycles. The van der Waals surface area contributed by atoms with Crippen molar-refractivity contribution < 1.29 is 10.0 Å². The molecule has 0 unspecified atom stereocenters. The average molecular weight is 358 g/mol. The number of likely N-dealkylation sites (N-methyl/N-ethyl adjacent to an activating group) is 1. The molecule has 1 aromatic heterocycles. The van der Waals surface area contributed by atoms with Gasteiger partial charge in [0.1, 0.15) is 5.82 Å². The summed E-state index contributed by atoms with van der Waals surface area (Å²) in [5.41, 5.74) is 2.03. The maximum Gasteiger partial charge on any atom is 0.274 e. The smallest absolute Gasteiger partial charge is 0.274 e. The van der Waals surface area contributed by atoms with Gasteiger partial charge in [0.2, 0.25) is 0 Å². The standard InChI is InChI=1S/C19H26N4O3/c1-3-23(4-2)12-19(9-5-6-10-19)18-20-15-11-13(16(24)22-26)7-8-14(15)17(25)21-18/h7-8,11,26H,3-6,9-10,12H2,1-2H3,(H,22,24)(H,20,21,25).